The van der Waals surface area contributed by atoms with E-state index >= 15 is 0 Å². The molecule has 0 saturated heterocycles. The lowest BCUT2D eigenvalue weighted by Crippen LogP contribution is -2.00. The molecule has 0 amide bonds. The number of furan rings is 1. The van der Waals surface area contributed by atoms with Gasteiger partial charge >= 0.3 is 0 Å². The predicted molar refractivity (Wildman–Crippen MR) is 85.3 cm³/mol. The van der Waals surface area contributed by atoms with E-state index in [-0.39, 0.29) is 5.78 Å². The highest BCUT2D eigenvalue weighted by Crippen LogP contribution is 2.28. The van der Waals surface area contributed by atoms with Crippen LogP contribution in [-0.4, -0.2) is 12.9 Å². The van der Waals surface area contributed by atoms with Crippen molar-refractivity contribution in [3.8, 4) is 17.1 Å². The molecule has 3 nitrogen and oxygen atoms in total. The average Bonchev–Trinajstić information content (AvgIpc) is 2.97. The second-order valence-electron chi connectivity index (χ2n) is 5.00. The van der Waals surface area contributed by atoms with E-state index in [9.17, 15) is 4.79 Å². The third-order valence-corrected chi connectivity index (χ3v) is 3.57. The number of hydrogen-bond acceptors (Lipinski definition) is 3. The maximum atomic E-state index is 12.5. The van der Waals surface area contributed by atoms with Crippen LogP contribution in [0.5, 0.6) is 5.75 Å². The summed E-state index contributed by atoms with van der Waals surface area (Å²) >= 11 is 0. The molecule has 1 heterocycles. The second kappa shape index (κ2) is 5.90. The Balaban J connectivity index is 1.95. The van der Waals surface area contributed by atoms with E-state index in [0.29, 0.717) is 22.6 Å². The Morgan fingerprint density at radius 2 is 1.68 bits per heavy atom. The molecule has 2 aromatic carbocycles. The van der Waals surface area contributed by atoms with Gasteiger partial charge in [-0.05, 0) is 37.3 Å². The molecule has 3 rings (SSSR count). The number of benzene rings is 2. The van der Waals surface area contributed by atoms with Gasteiger partial charge in [-0.3, -0.25) is 4.79 Å². The summed E-state index contributed by atoms with van der Waals surface area (Å²) in [6, 6.07) is 18.6. The van der Waals surface area contributed by atoms with Crippen LogP contribution in [0, 0.1) is 6.92 Å². The van der Waals surface area contributed by atoms with Crippen LogP contribution in [0.25, 0.3) is 11.3 Å². The van der Waals surface area contributed by atoms with Crippen LogP contribution in [-0.2, 0) is 0 Å². The lowest BCUT2D eigenvalue weighted by Gasteiger charge is -2.00. The van der Waals surface area contributed by atoms with Gasteiger partial charge < -0.3 is 9.15 Å². The van der Waals surface area contributed by atoms with Crippen molar-refractivity contribution in [1.29, 1.82) is 0 Å². The molecule has 110 valence electrons. The van der Waals surface area contributed by atoms with Crippen LogP contribution < -0.4 is 4.74 Å². The van der Waals surface area contributed by atoms with E-state index < -0.39 is 0 Å². The fourth-order valence-corrected chi connectivity index (χ4v) is 2.35. The predicted octanol–water partition coefficient (Wildman–Crippen LogP) is 4.49. The highest BCUT2D eigenvalue weighted by molar-refractivity contribution is 6.10. The zero-order chi connectivity index (χ0) is 15.5. The smallest absolute Gasteiger partial charge is 0.196 e. The molecule has 0 fully saturated rings. The van der Waals surface area contributed by atoms with E-state index in [1.807, 2.05) is 61.5 Å². The third-order valence-electron chi connectivity index (χ3n) is 3.57. The highest BCUT2D eigenvalue weighted by Gasteiger charge is 2.17. The average molecular weight is 292 g/mol. The van der Waals surface area contributed by atoms with Crippen LogP contribution in [0.2, 0.25) is 0 Å². The quantitative estimate of drug-likeness (QED) is 0.665. The highest BCUT2D eigenvalue weighted by atomic mass is 16.5. The SMILES string of the molecule is COc1ccc(-c2cc(C(=O)c3ccccc3)c(C)o2)cc1. The molecule has 22 heavy (non-hydrogen) atoms. The van der Waals surface area contributed by atoms with E-state index in [4.69, 9.17) is 9.15 Å². The van der Waals surface area contributed by atoms with Gasteiger partial charge in [0.25, 0.3) is 0 Å². The number of carbonyl (C=O) groups excluding carboxylic acids is 1. The van der Waals surface area contributed by atoms with Crippen molar-refractivity contribution in [2.45, 2.75) is 6.92 Å². The summed E-state index contributed by atoms with van der Waals surface area (Å²) in [6.45, 7) is 1.81. The number of aryl methyl sites for hydroxylation is 1. The summed E-state index contributed by atoms with van der Waals surface area (Å²) in [5, 5.41) is 0. The van der Waals surface area contributed by atoms with Crippen molar-refractivity contribution in [2.24, 2.45) is 0 Å². The van der Waals surface area contributed by atoms with Crippen molar-refractivity contribution in [3.63, 3.8) is 0 Å². The standard InChI is InChI=1S/C19H16O3/c1-13-17(19(20)15-6-4-3-5-7-15)12-18(22-13)14-8-10-16(21-2)11-9-14/h3-12H,1-2H3. The Labute approximate surface area is 129 Å². The van der Waals surface area contributed by atoms with E-state index in [2.05, 4.69) is 0 Å². The maximum absolute atomic E-state index is 12.5. The molecule has 0 saturated carbocycles. The van der Waals surface area contributed by atoms with Crippen LogP contribution >= 0.6 is 0 Å². The summed E-state index contributed by atoms with van der Waals surface area (Å²) < 4.78 is 10.9. The summed E-state index contributed by atoms with van der Waals surface area (Å²) in [7, 11) is 1.63. The fourth-order valence-electron chi connectivity index (χ4n) is 2.35. The molecule has 3 aromatic rings. The number of ether oxygens (including phenoxy) is 1. The Bertz CT molecular complexity index is 783. The second-order valence-corrected chi connectivity index (χ2v) is 5.00. The molecule has 0 aliphatic rings. The maximum Gasteiger partial charge on any atom is 0.196 e. The summed E-state index contributed by atoms with van der Waals surface area (Å²) in [5.74, 6) is 2.06. The van der Waals surface area contributed by atoms with Crippen LogP contribution in [0.15, 0.2) is 65.1 Å². The first-order valence-electron chi connectivity index (χ1n) is 7.03. The molecular weight excluding hydrogens is 276 g/mol. The summed E-state index contributed by atoms with van der Waals surface area (Å²) in [4.78, 5) is 12.5. The number of rotatable bonds is 4. The third kappa shape index (κ3) is 2.66. The Morgan fingerprint density at radius 1 is 1.00 bits per heavy atom. The van der Waals surface area contributed by atoms with Gasteiger partial charge in [-0.15, -0.1) is 0 Å². The Hall–Kier alpha value is -2.81. The lowest BCUT2D eigenvalue weighted by atomic mass is 10.0. The van der Waals surface area contributed by atoms with E-state index in [1.165, 1.54) is 0 Å². The minimum absolute atomic E-state index is 0.0263. The largest absolute Gasteiger partial charge is 0.497 e. The molecule has 0 atom stereocenters. The van der Waals surface area contributed by atoms with Gasteiger partial charge in [0.05, 0.1) is 12.7 Å². The number of methoxy groups -OCH3 is 1. The van der Waals surface area contributed by atoms with Gasteiger partial charge in [0.1, 0.15) is 17.3 Å². The van der Waals surface area contributed by atoms with Crippen LogP contribution in [0.4, 0.5) is 0 Å². The van der Waals surface area contributed by atoms with Gasteiger partial charge in [0.2, 0.25) is 0 Å². The minimum Gasteiger partial charge on any atom is -0.497 e. The normalized spacial score (nSPS) is 10.5. The van der Waals surface area contributed by atoms with Crippen LogP contribution in [0.3, 0.4) is 0 Å². The van der Waals surface area contributed by atoms with Gasteiger partial charge in [-0.25, -0.2) is 0 Å². The van der Waals surface area contributed by atoms with Crippen molar-refractivity contribution in [2.75, 3.05) is 7.11 Å². The van der Waals surface area contributed by atoms with Crippen molar-refractivity contribution < 1.29 is 13.9 Å². The zero-order valence-corrected chi connectivity index (χ0v) is 12.5. The van der Waals surface area contributed by atoms with Gasteiger partial charge in [0.15, 0.2) is 5.78 Å². The molecule has 3 heteroatoms. The first-order chi connectivity index (χ1) is 10.7. The molecule has 1 aromatic heterocycles. The van der Waals surface area contributed by atoms with Gasteiger partial charge in [-0.2, -0.15) is 0 Å². The van der Waals surface area contributed by atoms with E-state index in [0.717, 1.165) is 11.3 Å². The molecule has 0 spiro atoms. The fraction of sp³-hybridized carbons (Fsp3) is 0.105. The molecule has 0 aliphatic carbocycles. The zero-order valence-electron chi connectivity index (χ0n) is 12.5. The summed E-state index contributed by atoms with van der Waals surface area (Å²) in [6.07, 6.45) is 0. The van der Waals surface area contributed by atoms with Crippen molar-refractivity contribution >= 4 is 5.78 Å². The number of ketones is 1. The van der Waals surface area contributed by atoms with Crippen molar-refractivity contribution in [3.05, 3.63) is 77.6 Å². The molecular formula is C19H16O3. The number of carbonyl (C=O) groups is 1. The minimum atomic E-state index is -0.0263. The van der Waals surface area contributed by atoms with Gasteiger partial charge in [-0.1, -0.05) is 30.3 Å². The topological polar surface area (TPSA) is 39.4 Å². The molecule has 0 radical (unpaired) electrons. The summed E-state index contributed by atoms with van der Waals surface area (Å²) in [5.41, 5.74) is 2.17. The molecule has 0 aliphatic heterocycles. The Morgan fingerprint density at radius 3 is 2.32 bits per heavy atom. The first-order valence-corrected chi connectivity index (χ1v) is 7.03. The monoisotopic (exact) mass is 292 g/mol. The molecule has 0 unspecified atom stereocenters. The lowest BCUT2D eigenvalue weighted by molar-refractivity contribution is 0.103. The van der Waals surface area contributed by atoms with E-state index in [1.54, 1.807) is 13.2 Å². The van der Waals surface area contributed by atoms with Crippen LogP contribution in [0.1, 0.15) is 21.7 Å². The molecule has 0 bridgehead atoms. The van der Waals surface area contributed by atoms with Crippen molar-refractivity contribution in [1.82, 2.24) is 0 Å². The molecule has 0 N–H and O–H groups in total. The number of hydrogen-bond donors (Lipinski definition) is 0. The first kappa shape index (κ1) is 14.1. The Kier molecular flexibility index (Phi) is 3.79. The van der Waals surface area contributed by atoms with Gasteiger partial charge in [0, 0.05) is 11.1 Å².